The Bertz CT molecular complexity index is 1210. The second-order valence-electron chi connectivity index (χ2n) is 9.00. The minimum absolute atomic E-state index is 0.0615. The van der Waals surface area contributed by atoms with Crippen molar-refractivity contribution in [1.82, 2.24) is 10.1 Å². The van der Waals surface area contributed by atoms with Crippen LogP contribution in [-0.2, 0) is 11.4 Å². The van der Waals surface area contributed by atoms with Crippen LogP contribution >= 0.6 is 0 Å². The summed E-state index contributed by atoms with van der Waals surface area (Å²) in [5.74, 6) is 1.55. The van der Waals surface area contributed by atoms with Crippen molar-refractivity contribution in [3.63, 3.8) is 0 Å². The van der Waals surface area contributed by atoms with Crippen molar-refractivity contribution in [2.45, 2.75) is 45.8 Å². The van der Waals surface area contributed by atoms with Gasteiger partial charge in [-0.1, -0.05) is 23.4 Å². The van der Waals surface area contributed by atoms with Crippen LogP contribution in [0.1, 0.15) is 46.6 Å². The molecule has 8 nitrogen and oxygen atoms in total. The number of benzene rings is 2. The molecule has 35 heavy (non-hydrogen) atoms. The number of piperidine rings is 1. The van der Waals surface area contributed by atoms with Gasteiger partial charge in [0, 0.05) is 18.7 Å². The number of hydrogen-bond donors (Lipinski definition) is 0. The molecule has 0 N–H and O–H groups in total. The minimum atomic E-state index is -0.731. The summed E-state index contributed by atoms with van der Waals surface area (Å²) in [5, 5.41) is 3.95. The first kappa shape index (κ1) is 23.0. The third kappa shape index (κ3) is 4.73. The lowest BCUT2D eigenvalue weighted by Gasteiger charge is -2.37. The van der Waals surface area contributed by atoms with Gasteiger partial charge in [-0.15, -0.1) is 0 Å². The number of fused-ring (bicyclic) bond motifs is 1. The molecule has 1 fully saturated rings. The summed E-state index contributed by atoms with van der Waals surface area (Å²) in [6, 6.07) is 14.4. The molecule has 3 aromatic rings. The molecule has 0 saturated carbocycles. The fourth-order valence-corrected chi connectivity index (χ4v) is 4.61. The van der Waals surface area contributed by atoms with Crippen LogP contribution in [0.5, 0.6) is 11.5 Å². The molecule has 2 aliphatic rings. The Labute approximate surface area is 204 Å². The molecule has 0 radical (unpaired) electrons. The zero-order chi connectivity index (χ0) is 24.4. The molecule has 0 spiro atoms. The summed E-state index contributed by atoms with van der Waals surface area (Å²) in [7, 11) is 0. The molecule has 5 rings (SSSR count). The molecule has 1 saturated heterocycles. The van der Waals surface area contributed by atoms with Gasteiger partial charge in [0.15, 0.2) is 6.10 Å². The molecule has 182 valence electrons. The molecule has 0 aliphatic carbocycles. The Morgan fingerprint density at radius 3 is 2.63 bits per heavy atom. The van der Waals surface area contributed by atoms with Crippen molar-refractivity contribution < 1.29 is 23.6 Å². The number of aryl methyl sites for hydroxylation is 2. The normalized spacial score (nSPS) is 17.5. The Kier molecular flexibility index (Phi) is 6.44. The van der Waals surface area contributed by atoms with Gasteiger partial charge in [-0.05, 0) is 63.4 Å². The Morgan fingerprint density at radius 2 is 1.86 bits per heavy atom. The van der Waals surface area contributed by atoms with Crippen LogP contribution in [0.3, 0.4) is 0 Å². The first-order valence-corrected chi connectivity index (χ1v) is 12.0. The lowest BCUT2D eigenvalue weighted by atomic mass is 10.1. The minimum Gasteiger partial charge on any atom is -0.489 e. The maximum atomic E-state index is 13.7. The number of nitrogens with zero attached hydrogens (tertiary/aromatic N) is 3. The summed E-state index contributed by atoms with van der Waals surface area (Å²) in [4.78, 5) is 30.4. The smallest absolute Gasteiger partial charge is 0.265 e. The van der Waals surface area contributed by atoms with E-state index in [9.17, 15) is 9.59 Å². The van der Waals surface area contributed by atoms with Crippen LogP contribution in [0.25, 0.3) is 0 Å². The SMILES string of the molecule is Cc1noc(C)c1COc1cccc(C(=O)N2C[C@@H](C(=O)N3CCCCC3)Oc3ccccc32)c1. The van der Waals surface area contributed by atoms with Gasteiger partial charge in [0.05, 0.1) is 23.5 Å². The maximum absolute atomic E-state index is 13.7. The molecule has 8 heteroatoms. The second kappa shape index (κ2) is 9.82. The largest absolute Gasteiger partial charge is 0.489 e. The van der Waals surface area contributed by atoms with Crippen LogP contribution in [0.4, 0.5) is 5.69 Å². The Morgan fingerprint density at radius 1 is 1.06 bits per heavy atom. The Hall–Kier alpha value is -3.81. The molecule has 1 atom stereocenters. The molecule has 2 aliphatic heterocycles. The van der Waals surface area contributed by atoms with Crippen molar-refractivity contribution >= 4 is 17.5 Å². The lowest BCUT2D eigenvalue weighted by molar-refractivity contribution is -0.139. The molecule has 0 bridgehead atoms. The van der Waals surface area contributed by atoms with Gasteiger partial charge >= 0.3 is 0 Å². The zero-order valence-electron chi connectivity index (χ0n) is 20.0. The number of anilines is 1. The Balaban J connectivity index is 1.36. The highest BCUT2D eigenvalue weighted by Gasteiger charge is 2.36. The van der Waals surface area contributed by atoms with Crippen molar-refractivity contribution in [3.05, 3.63) is 71.1 Å². The predicted octanol–water partition coefficient (Wildman–Crippen LogP) is 4.29. The summed E-state index contributed by atoms with van der Waals surface area (Å²) in [6.07, 6.45) is 2.40. The number of carbonyl (C=O) groups is 2. The number of carbonyl (C=O) groups excluding carboxylic acids is 2. The number of aromatic nitrogens is 1. The number of amides is 2. The van der Waals surface area contributed by atoms with E-state index in [2.05, 4.69) is 5.16 Å². The molecule has 3 heterocycles. The predicted molar refractivity (Wildman–Crippen MR) is 130 cm³/mol. The van der Waals surface area contributed by atoms with Crippen molar-refractivity contribution in [2.24, 2.45) is 0 Å². The van der Waals surface area contributed by atoms with Crippen molar-refractivity contribution in [3.8, 4) is 11.5 Å². The first-order chi connectivity index (χ1) is 17.0. The van der Waals surface area contributed by atoms with Gasteiger partial charge in [0.2, 0.25) is 0 Å². The maximum Gasteiger partial charge on any atom is 0.265 e. The van der Waals surface area contributed by atoms with Gasteiger partial charge in [-0.2, -0.15) is 0 Å². The van der Waals surface area contributed by atoms with Gasteiger partial charge in [-0.25, -0.2) is 0 Å². The summed E-state index contributed by atoms with van der Waals surface area (Å²) in [6.45, 7) is 5.64. The van der Waals surface area contributed by atoms with Crippen LogP contribution in [0.2, 0.25) is 0 Å². The first-order valence-electron chi connectivity index (χ1n) is 12.0. The van der Waals surface area contributed by atoms with Gasteiger partial charge in [0.1, 0.15) is 23.9 Å². The number of hydrogen-bond acceptors (Lipinski definition) is 6. The standard InChI is InChI=1S/C27H29N3O5/c1-18-22(19(2)35-28-18)17-33-21-10-8-9-20(15-21)26(31)30-16-25(27(32)29-13-6-3-7-14-29)34-24-12-5-4-11-23(24)30/h4-5,8-12,15,25H,3,6-7,13-14,16-17H2,1-2H3/t25-/m0/s1. The van der Waals surface area contributed by atoms with Crippen LogP contribution in [0, 0.1) is 13.8 Å². The van der Waals surface area contributed by atoms with Gasteiger partial charge < -0.3 is 23.8 Å². The molecule has 2 amide bonds. The van der Waals surface area contributed by atoms with E-state index in [4.69, 9.17) is 14.0 Å². The lowest BCUT2D eigenvalue weighted by Crippen LogP contribution is -2.52. The monoisotopic (exact) mass is 475 g/mol. The van der Waals surface area contributed by atoms with Gasteiger partial charge in [-0.3, -0.25) is 9.59 Å². The quantitative estimate of drug-likeness (QED) is 0.547. The molecule has 2 aromatic carbocycles. The third-order valence-electron chi connectivity index (χ3n) is 6.61. The number of para-hydroxylation sites is 2. The van der Waals surface area contributed by atoms with E-state index in [1.807, 2.05) is 43.0 Å². The highest BCUT2D eigenvalue weighted by Crippen LogP contribution is 2.35. The average molecular weight is 476 g/mol. The number of rotatable bonds is 5. The van der Waals surface area contributed by atoms with E-state index in [0.717, 1.165) is 43.6 Å². The number of ether oxygens (including phenoxy) is 2. The molecule has 0 unspecified atom stereocenters. The highest BCUT2D eigenvalue weighted by atomic mass is 16.5. The van der Waals surface area contributed by atoms with Crippen LogP contribution in [0.15, 0.2) is 53.1 Å². The average Bonchev–Trinajstić information content (AvgIpc) is 3.23. The summed E-state index contributed by atoms with van der Waals surface area (Å²) < 4.78 is 17.2. The van der Waals surface area contributed by atoms with Crippen LogP contribution in [-0.4, -0.2) is 47.6 Å². The van der Waals surface area contributed by atoms with Crippen molar-refractivity contribution in [2.75, 3.05) is 24.5 Å². The fraction of sp³-hybridized carbons (Fsp3) is 0.370. The third-order valence-corrected chi connectivity index (χ3v) is 6.61. The molecular formula is C27H29N3O5. The van der Waals surface area contributed by atoms with Crippen LogP contribution < -0.4 is 14.4 Å². The topological polar surface area (TPSA) is 85.1 Å². The number of likely N-dealkylation sites (tertiary alicyclic amines) is 1. The van der Waals surface area contributed by atoms with E-state index in [1.54, 1.807) is 29.2 Å². The van der Waals surface area contributed by atoms with E-state index >= 15 is 0 Å². The van der Waals surface area contributed by atoms with Crippen molar-refractivity contribution in [1.29, 1.82) is 0 Å². The fourth-order valence-electron chi connectivity index (χ4n) is 4.61. The van der Waals surface area contributed by atoms with E-state index in [0.29, 0.717) is 35.1 Å². The van der Waals surface area contributed by atoms with E-state index in [1.165, 1.54) is 0 Å². The second-order valence-corrected chi connectivity index (χ2v) is 9.00. The summed E-state index contributed by atoms with van der Waals surface area (Å²) >= 11 is 0. The van der Waals surface area contributed by atoms with Gasteiger partial charge in [0.25, 0.3) is 11.8 Å². The summed E-state index contributed by atoms with van der Waals surface area (Å²) in [5.41, 5.74) is 2.80. The molecule has 1 aromatic heterocycles. The van der Waals surface area contributed by atoms with E-state index in [-0.39, 0.29) is 18.4 Å². The highest BCUT2D eigenvalue weighted by molar-refractivity contribution is 6.08. The van der Waals surface area contributed by atoms with E-state index < -0.39 is 6.10 Å². The molecular weight excluding hydrogens is 446 g/mol. The zero-order valence-corrected chi connectivity index (χ0v) is 20.0.